The van der Waals surface area contributed by atoms with Crippen molar-refractivity contribution in [3.8, 4) is 6.07 Å². The lowest BCUT2D eigenvalue weighted by Gasteiger charge is -2.05. The zero-order valence-electron chi connectivity index (χ0n) is 9.19. The molecule has 0 heterocycles. The van der Waals surface area contributed by atoms with E-state index in [4.69, 9.17) is 10.00 Å². The van der Waals surface area contributed by atoms with E-state index in [9.17, 15) is 4.79 Å². The van der Waals surface area contributed by atoms with Gasteiger partial charge in [0.15, 0.2) is 0 Å². The third-order valence-electron chi connectivity index (χ3n) is 2.00. The number of nitriles is 1. The number of benzene rings is 1. The van der Waals surface area contributed by atoms with Crippen LogP contribution in [0.15, 0.2) is 24.3 Å². The number of carbonyl (C=O) groups excluding carboxylic acids is 1. The maximum atomic E-state index is 10.5. The van der Waals surface area contributed by atoms with Crippen LogP contribution in [0.3, 0.4) is 0 Å². The van der Waals surface area contributed by atoms with Crippen molar-refractivity contribution in [1.82, 2.24) is 5.32 Å². The fourth-order valence-electron chi connectivity index (χ4n) is 1.20. The maximum Gasteiger partial charge on any atom is 0.302 e. The largest absolute Gasteiger partial charge is 0.465 e. The Morgan fingerprint density at radius 3 is 2.69 bits per heavy atom. The van der Waals surface area contributed by atoms with Crippen molar-refractivity contribution in [3.63, 3.8) is 0 Å². The number of esters is 1. The Kier molecular flexibility index (Phi) is 5.03. The zero-order valence-corrected chi connectivity index (χ0v) is 9.19. The van der Waals surface area contributed by atoms with Gasteiger partial charge in [-0.15, -0.1) is 0 Å². The highest BCUT2D eigenvalue weighted by Crippen LogP contribution is 2.02. The van der Waals surface area contributed by atoms with E-state index in [0.29, 0.717) is 25.3 Å². The molecule has 0 aliphatic rings. The van der Waals surface area contributed by atoms with Crippen molar-refractivity contribution in [1.29, 1.82) is 5.26 Å². The smallest absolute Gasteiger partial charge is 0.302 e. The molecular formula is C12H14N2O2. The van der Waals surface area contributed by atoms with E-state index in [1.165, 1.54) is 6.92 Å². The number of nitrogens with zero attached hydrogens (tertiary/aromatic N) is 1. The molecule has 0 amide bonds. The SMILES string of the molecule is CC(=O)OCCNCc1ccc(C#N)cc1. The van der Waals surface area contributed by atoms with Crippen LogP contribution in [0.5, 0.6) is 0 Å². The van der Waals surface area contributed by atoms with E-state index >= 15 is 0 Å². The van der Waals surface area contributed by atoms with E-state index in [0.717, 1.165) is 5.56 Å². The van der Waals surface area contributed by atoms with Crippen molar-refractivity contribution in [3.05, 3.63) is 35.4 Å². The van der Waals surface area contributed by atoms with Crippen molar-refractivity contribution in [2.24, 2.45) is 0 Å². The average molecular weight is 218 g/mol. The zero-order chi connectivity index (χ0) is 11.8. The molecule has 0 saturated heterocycles. The van der Waals surface area contributed by atoms with Gasteiger partial charge in [-0.1, -0.05) is 12.1 Å². The summed E-state index contributed by atoms with van der Waals surface area (Å²) >= 11 is 0. The first-order valence-electron chi connectivity index (χ1n) is 5.05. The average Bonchev–Trinajstić information content (AvgIpc) is 2.29. The summed E-state index contributed by atoms with van der Waals surface area (Å²) in [6.07, 6.45) is 0. The van der Waals surface area contributed by atoms with E-state index < -0.39 is 0 Å². The Hall–Kier alpha value is -1.86. The molecule has 0 atom stereocenters. The highest BCUT2D eigenvalue weighted by Gasteiger charge is 1.95. The molecule has 0 aliphatic heterocycles. The number of carbonyl (C=O) groups is 1. The van der Waals surface area contributed by atoms with Crippen LogP contribution in [-0.2, 0) is 16.1 Å². The first kappa shape index (κ1) is 12.2. The van der Waals surface area contributed by atoms with Gasteiger partial charge >= 0.3 is 5.97 Å². The molecule has 0 fully saturated rings. The van der Waals surface area contributed by atoms with Crippen LogP contribution >= 0.6 is 0 Å². The molecule has 0 spiro atoms. The molecular weight excluding hydrogens is 204 g/mol. The minimum absolute atomic E-state index is 0.264. The lowest BCUT2D eigenvalue weighted by atomic mass is 10.1. The molecule has 4 heteroatoms. The molecule has 1 aromatic rings. The fourth-order valence-corrected chi connectivity index (χ4v) is 1.20. The maximum absolute atomic E-state index is 10.5. The van der Waals surface area contributed by atoms with Gasteiger partial charge in [0.05, 0.1) is 11.6 Å². The van der Waals surface area contributed by atoms with E-state index in [1.807, 2.05) is 12.1 Å². The van der Waals surface area contributed by atoms with Gasteiger partial charge in [-0.05, 0) is 17.7 Å². The van der Waals surface area contributed by atoms with Crippen molar-refractivity contribution >= 4 is 5.97 Å². The van der Waals surface area contributed by atoms with Crippen LogP contribution < -0.4 is 5.32 Å². The van der Waals surface area contributed by atoms with Gasteiger partial charge < -0.3 is 10.1 Å². The summed E-state index contributed by atoms with van der Waals surface area (Å²) in [5.74, 6) is -0.264. The van der Waals surface area contributed by atoms with Gasteiger partial charge in [0.2, 0.25) is 0 Å². The van der Waals surface area contributed by atoms with E-state index in [-0.39, 0.29) is 5.97 Å². The Balaban J connectivity index is 2.22. The second-order valence-electron chi connectivity index (χ2n) is 3.33. The first-order valence-corrected chi connectivity index (χ1v) is 5.05. The minimum atomic E-state index is -0.264. The number of ether oxygens (including phenoxy) is 1. The van der Waals surface area contributed by atoms with E-state index in [1.54, 1.807) is 12.1 Å². The Labute approximate surface area is 94.8 Å². The molecule has 0 aliphatic carbocycles. The summed E-state index contributed by atoms with van der Waals surface area (Å²) in [6, 6.07) is 9.43. The van der Waals surface area contributed by atoms with Gasteiger partial charge in [0.25, 0.3) is 0 Å². The summed E-state index contributed by atoms with van der Waals surface area (Å²) in [6.45, 7) is 3.10. The van der Waals surface area contributed by atoms with E-state index in [2.05, 4.69) is 11.4 Å². The predicted molar refractivity (Wildman–Crippen MR) is 59.5 cm³/mol. The van der Waals surface area contributed by atoms with Crippen LogP contribution in [0.25, 0.3) is 0 Å². The molecule has 0 bridgehead atoms. The van der Waals surface area contributed by atoms with Gasteiger partial charge in [-0.3, -0.25) is 4.79 Å². The third-order valence-corrected chi connectivity index (χ3v) is 2.00. The van der Waals surface area contributed by atoms with Crippen LogP contribution in [-0.4, -0.2) is 19.1 Å². The minimum Gasteiger partial charge on any atom is -0.465 e. The van der Waals surface area contributed by atoms with Crippen LogP contribution in [0.4, 0.5) is 0 Å². The number of nitrogens with one attached hydrogen (secondary N) is 1. The standard InChI is InChI=1S/C12H14N2O2/c1-10(15)16-7-6-14-9-12-4-2-11(8-13)3-5-12/h2-5,14H,6-7,9H2,1H3. The van der Waals surface area contributed by atoms with Crippen molar-refractivity contribution < 1.29 is 9.53 Å². The molecule has 1 aromatic carbocycles. The van der Waals surface area contributed by atoms with Gasteiger partial charge in [-0.2, -0.15) is 5.26 Å². The van der Waals surface area contributed by atoms with Gasteiger partial charge in [0.1, 0.15) is 6.61 Å². The Morgan fingerprint density at radius 1 is 1.44 bits per heavy atom. The van der Waals surface area contributed by atoms with Crippen molar-refractivity contribution in [2.75, 3.05) is 13.2 Å². The summed E-state index contributed by atoms with van der Waals surface area (Å²) in [5, 5.41) is 11.7. The number of hydrogen-bond acceptors (Lipinski definition) is 4. The molecule has 0 saturated carbocycles. The molecule has 84 valence electrons. The normalized spacial score (nSPS) is 9.50. The molecule has 0 unspecified atom stereocenters. The van der Waals surface area contributed by atoms with Crippen LogP contribution in [0.2, 0.25) is 0 Å². The third kappa shape index (κ3) is 4.58. The van der Waals surface area contributed by atoms with Gasteiger partial charge in [-0.25, -0.2) is 0 Å². The lowest BCUT2D eigenvalue weighted by Crippen LogP contribution is -2.20. The monoisotopic (exact) mass is 218 g/mol. The summed E-state index contributed by atoms with van der Waals surface area (Å²) < 4.78 is 4.77. The Bertz CT molecular complexity index is 379. The lowest BCUT2D eigenvalue weighted by molar-refractivity contribution is -0.140. The Morgan fingerprint density at radius 2 is 2.12 bits per heavy atom. The molecule has 0 aromatic heterocycles. The summed E-state index contributed by atoms with van der Waals surface area (Å²) in [5.41, 5.74) is 1.76. The first-order chi connectivity index (χ1) is 7.72. The predicted octanol–water partition coefficient (Wildman–Crippen LogP) is 1.21. The topological polar surface area (TPSA) is 62.1 Å². The highest BCUT2D eigenvalue weighted by atomic mass is 16.5. The number of hydrogen-bond donors (Lipinski definition) is 1. The molecule has 1 N–H and O–H groups in total. The molecule has 1 rings (SSSR count). The molecule has 4 nitrogen and oxygen atoms in total. The highest BCUT2D eigenvalue weighted by molar-refractivity contribution is 5.65. The van der Waals surface area contributed by atoms with Crippen LogP contribution in [0, 0.1) is 11.3 Å². The second kappa shape index (κ2) is 6.59. The molecule has 0 radical (unpaired) electrons. The fraction of sp³-hybridized carbons (Fsp3) is 0.333. The second-order valence-corrected chi connectivity index (χ2v) is 3.33. The summed E-state index contributed by atoms with van der Waals surface area (Å²) in [4.78, 5) is 10.5. The number of rotatable bonds is 5. The van der Waals surface area contributed by atoms with Crippen LogP contribution in [0.1, 0.15) is 18.1 Å². The molecule has 16 heavy (non-hydrogen) atoms. The van der Waals surface area contributed by atoms with Crippen molar-refractivity contribution in [2.45, 2.75) is 13.5 Å². The van der Waals surface area contributed by atoms with Gasteiger partial charge in [0, 0.05) is 20.0 Å². The summed E-state index contributed by atoms with van der Waals surface area (Å²) in [7, 11) is 0. The quantitative estimate of drug-likeness (QED) is 0.596.